The monoisotopic (exact) mass is 406 g/mol. The van der Waals surface area contributed by atoms with E-state index in [0.29, 0.717) is 37.1 Å². The van der Waals surface area contributed by atoms with Gasteiger partial charge in [0.25, 0.3) is 5.91 Å². The summed E-state index contributed by atoms with van der Waals surface area (Å²) in [6.45, 7) is 0. The van der Waals surface area contributed by atoms with Crippen LogP contribution in [-0.4, -0.2) is 43.0 Å². The number of anilines is 2. The third-order valence-corrected chi connectivity index (χ3v) is 5.41. The Balaban J connectivity index is 2.07. The van der Waals surface area contributed by atoms with Gasteiger partial charge in [0.1, 0.15) is 11.9 Å². The fraction of sp³-hybridized carbons (Fsp3) is 0.450. The molecule has 0 radical (unpaired) electrons. The van der Waals surface area contributed by atoms with Gasteiger partial charge in [0.2, 0.25) is 0 Å². The molecule has 0 bridgehead atoms. The number of hydrogen-bond acceptors (Lipinski definition) is 5. The molecule has 2 amide bonds. The Kier molecular flexibility index (Phi) is 5.55. The number of fused-ring (bicyclic) bond motifs is 1. The lowest BCUT2D eigenvalue weighted by atomic mass is 9.93. The molecule has 6 nitrogen and oxygen atoms in total. The topological polar surface area (TPSA) is 67.6 Å². The molecule has 0 N–H and O–H groups in total. The second-order valence-corrected chi connectivity index (χ2v) is 7.19. The van der Waals surface area contributed by atoms with Crippen molar-refractivity contribution in [1.82, 2.24) is 4.90 Å². The molecular weight excluding hydrogens is 385 g/mol. The standard InChI is InChI=1S/C20H21F3N4O2/c1-25-15-10-6-7-11-16(15)26(2)17(25)14(12-24)18(28)27(19(29)20(21,22)23)13-8-4-3-5-9-13/h6-7,10-11,13H,3-5,8-9H2,1-2H3. The highest BCUT2D eigenvalue weighted by Crippen LogP contribution is 2.41. The Morgan fingerprint density at radius 2 is 1.59 bits per heavy atom. The molecule has 154 valence electrons. The van der Waals surface area contributed by atoms with Gasteiger partial charge in [0, 0.05) is 20.1 Å². The summed E-state index contributed by atoms with van der Waals surface area (Å²) in [4.78, 5) is 28.7. The summed E-state index contributed by atoms with van der Waals surface area (Å²) in [6.07, 6.45) is -2.51. The first kappa shape index (κ1) is 20.7. The van der Waals surface area contributed by atoms with Gasteiger partial charge in [0.15, 0.2) is 5.57 Å². The highest BCUT2D eigenvalue weighted by molar-refractivity contribution is 6.09. The van der Waals surface area contributed by atoms with Gasteiger partial charge in [-0.15, -0.1) is 0 Å². The first-order valence-electron chi connectivity index (χ1n) is 9.34. The number of imide groups is 1. The van der Waals surface area contributed by atoms with Crippen molar-refractivity contribution in [3.8, 4) is 6.07 Å². The minimum absolute atomic E-state index is 0.148. The van der Waals surface area contributed by atoms with Crippen LogP contribution >= 0.6 is 0 Å². The van der Waals surface area contributed by atoms with E-state index in [9.17, 15) is 28.0 Å². The molecule has 0 spiro atoms. The molecule has 0 saturated heterocycles. The van der Waals surface area contributed by atoms with E-state index < -0.39 is 29.6 Å². The van der Waals surface area contributed by atoms with Crippen molar-refractivity contribution in [2.45, 2.75) is 44.3 Å². The van der Waals surface area contributed by atoms with Gasteiger partial charge in [-0.3, -0.25) is 14.5 Å². The van der Waals surface area contributed by atoms with Crippen LogP contribution in [0.25, 0.3) is 0 Å². The SMILES string of the molecule is CN1C(=C(C#N)C(=O)N(C(=O)C(F)(F)F)C2CCCCC2)N(C)c2ccccc21. The number of amides is 2. The predicted octanol–water partition coefficient (Wildman–Crippen LogP) is 3.56. The van der Waals surface area contributed by atoms with Gasteiger partial charge in [-0.25, -0.2) is 0 Å². The van der Waals surface area contributed by atoms with E-state index in [1.54, 1.807) is 54.2 Å². The maximum Gasteiger partial charge on any atom is 0.471 e. The normalized spacial score (nSPS) is 17.0. The summed E-state index contributed by atoms with van der Waals surface area (Å²) in [6, 6.07) is 7.99. The molecule has 0 unspecified atom stereocenters. The number of carbonyl (C=O) groups is 2. The molecule has 0 atom stereocenters. The Labute approximate surface area is 166 Å². The number of rotatable bonds is 2. The van der Waals surface area contributed by atoms with Crippen LogP contribution in [0.3, 0.4) is 0 Å². The van der Waals surface area contributed by atoms with E-state index in [-0.39, 0.29) is 10.7 Å². The molecule has 1 fully saturated rings. The quantitative estimate of drug-likeness (QED) is 0.555. The van der Waals surface area contributed by atoms with E-state index in [0.717, 1.165) is 6.42 Å². The molecule has 3 rings (SSSR count). The van der Waals surface area contributed by atoms with Gasteiger partial charge < -0.3 is 9.80 Å². The van der Waals surface area contributed by atoms with E-state index in [2.05, 4.69) is 0 Å². The number of hydrogen-bond donors (Lipinski definition) is 0. The van der Waals surface area contributed by atoms with Crippen LogP contribution < -0.4 is 9.80 Å². The Hall–Kier alpha value is -3.02. The molecule has 1 saturated carbocycles. The zero-order valence-corrected chi connectivity index (χ0v) is 16.2. The van der Waals surface area contributed by atoms with Gasteiger partial charge in [-0.05, 0) is 25.0 Å². The zero-order valence-electron chi connectivity index (χ0n) is 16.2. The number of benzene rings is 1. The number of nitriles is 1. The van der Waals surface area contributed by atoms with Crippen LogP contribution in [0.4, 0.5) is 24.5 Å². The second kappa shape index (κ2) is 7.78. The Morgan fingerprint density at radius 3 is 2.03 bits per heavy atom. The fourth-order valence-electron chi connectivity index (χ4n) is 4.03. The number of halogens is 3. The first-order chi connectivity index (χ1) is 13.7. The van der Waals surface area contributed by atoms with Crippen molar-refractivity contribution < 1.29 is 22.8 Å². The molecule has 1 aliphatic carbocycles. The van der Waals surface area contributed by atoms with Crippen molar-refractivity contribution in [3.05, 3.63) is 35.7 Å². The largest absolute Gasteiger partial charge is 0.471 e. The number of para-hydroxylation sites is 2. The lowest BCUT2D eigenvalue weighted by molar-refractivity contribution is -0.189. The van der Waals surface area contributed by atoms with Crippen molar-refractivity contribution in [2.75, 3.05) is 23.9 Å². The summed E-state index contributed by atoms with van der Waals surface area (Å²) in [5.41, 5.74) is 0.920. The summed E-state index contributed by atoms with van der Waals surface area (Å²) in [5, 5.41) is 9.70. The third kappa shape index (κ3) is 3.67. The van der Waals surface area contributed by atoms with Gasteiger partial charge in [-0.2, -0.15) is 18.4 Å². The van der Waals surface area contributed by atoms with Crippen LogP contribution in [0.5, 0.6) is 0 Å². The molecule has 1 aliphatic heterocycles. The second-order valence-electron chi connectivity index (χ2n) is 7.19. The lowest BCUT2D eigenvalue weighted by Gasteiger charge is -2.33. The van der Waals surface area contributed by atoms with Crippen LogP contribution in [0.1, 0.15) is 32.1 Å². The van der Waals surface area contributed by atoms with Gasteiger partial charge in [-0.1, -0.05) is 31.4 Å². The minimum atomic E-state index is -5.20. The maximum absolute atomic E-state index is 13.3. The summed E-state index contributed by atoms with van der Waals surface area (Å²) in [7, 11) is 3.25. The third-order valence-electron chi connectivity index (χ3n) is 5.41. The van der Waals surface area contributed by atoms with E-state index in [4.69, 9.17) is 0 Å². The van der Waals surface area contributed by atoms with Crippen LogP contribution in [0.2, 0.25) is 0 Å². The molecule has 29 heavy (non-hydrogen) atoms. The highest BCUT2D eigenvalue weighted by Gasteiger charge is 2.49. The summed E-state index contributed by atoms with van der Waals surface area (Å²) in [5.74, 6) is -3.28. The van der Waals surface area contributed by atoms with Gasteiger partial charge >= 0.3 is 12.1 Å². The molecule has 1 aromatic rings. The van der Waals surface area contributed by atoms with Crippen molar-refractivity contribution in [1.29, 1.82) is 5.26 Å². The van der Waals surface area contributed by atoms with E-state index in [1.807, 2.05) is 0 Å². The smallest absolute Gasteiger partial charge is 0.328 e. The average Bonchev–Trinajstić information content (AvgIpc) is 2.94. The average molecular weight is 406 g/mol. The first-order valence-corrected chi connectivity index (χ1v) is 9.34. The van der Waals surface area contributed by atoms with Crippen LogP contribution in [0, 0.1) is 11.3 Å². The lowest BCUT2D eigenvalue weighted by Crippen LogP contribution is -2.52. The minimum Gasteiger partial charge on any atom is -0.328 e. The number of nitrogens with zero attached hydrogens (tertiary/aromatic N) is 4. The van der Waals surface area contributed by atoms with Gasteiger partial charge in [0.05, 0.1) is 11.4 Å². The van der Waals surface area contributed by atoms with Crippen molar-refractivity contribution >= 4 is 23.2 Å². The fourth-order valence-corrected chi connectivity index (χ4v) is 4.03. The summed E-state index contributed by atoms with van der Waals surface area (Å²) >= 11 is 0. The summed E-state index contributed by atoms with van der Waals surface area (Å²) < 4.78 is 39.8. The van der Waals surface area contributed by atoms with Crippen molar-refractivity contribution in [3.63, 3.8) is 0 Å². The predicted molar refractivity (Wildman–Crippen MR) is 101 cm³/mol. The molecule has 0 aromatic heterocycles. The van der Waals surface area contributed by atoms with E-state index in [1.165, 1.54) is 0 Å². The maximum atomic E-state index is 13.3. The Bertz CT molecular complexity index is 867. The van der Waals surface area contributed by atoms with Crippen molar-refractivity contribution in [2.24, 2.45) is 0 Å². The Morgan fingerprint density at radius 1 is 1.07 bits per heavy atom. The van der Waals surface area contributed by atoms with Crippen LogP contribution in [0.15, 0.2) is 35.7 Å². The molecule has 2 aliphatic rings. The highest BCUT2D eigenvalue weighted by atomic mass is 19.4. The zero-order chi connectivity index (χ0) is 21.3. The van der Waals surface area contributed by atoms with E-state index >= 15 is 0 Å². The van der Waals surface area contributed by atoms with Crippen LogP contribution in [-0.2, 0) is 9.59 Å². The molecule has 9 heteroatoms. The molecule has 1 aromatic carbocycles. The molecule has 1 heterocycles. The number of carbonyl (C=O) groups excluding carboxylic acids is 2. The number of alkyl halides is 3. The molecular formula is C20H21F3N4O2.